The van der Waals surface area contributed by atoms with Crippen LogP contribution >= 0.6 is 12.4 Å². The van der Waals surface area contributed by atoms with Crippen LogP contribution in [0.4, 0.5) is 0 Å². The van der Waals surface area contributed by atoms with Gasteiger partial charge in [-0.1, -0.05) is 36.4 Å². The number of halogens is 1. The molecule has 0 saturated carbocycles. The van der Waals surface area contributed by atoms with E-state index in [1.54, 1.807) is 35.8 Å². The predicted octanol–water partition coefficient (Wildman–Crippen LogP) is 2.71. The number of nitrogens with zero attached hydrogens (tertiary/aromatic N) is 1. The van der Waals surface area contributed by atoms with Crippen LogP contribution in [0.5, 0.6) is 0 Å². The lowest BCUT2D eigenvalue weighted by molar-refractivity contribution is 0.0706. The van der Waals surface area contributed by atoms with Crippen LogP contribution in [-0.4, -0.2) is 22.0 Å². The van der Waals surface area contributed by atoms with Gasteiger partial charge in [0.15, 0.2) is 0 Å². The summed E-state index contributed by atoms with van der Waals surface area (Å²) >= 11 is 0. The van der Waals surface area contributed by atoms with Crippen LogP contribution in [-0.2, 0) is 6.54 Å². The third kappa shape index (κ3) is 4.32. The molecule has 0 bridgehead atoms. The summed E-state index contributed by atoms with van der Waals surface area (Å²) in [4.78, 5) is 27.8. The van der Waals surface area contributed by atoms with Crippen molar-refractivity contribution in [3.8, 4) is 0 Å². The van der Waals surface area contributed by atoms with E-state index in [1.807, 2.05) is 30.3 Å². The molecule has 25 heavy (non-hydrogen) atoms. The molecule has 0 saturated heterocycles. The summed E-state index contributed by atoms with van der Waals surface area (Å²) < 4.78 is 0. The number of carbonyl (C=O) groups excluding carboxylic acids is 2. The van der Waals surface area contributed by atoms with Crippen LogP contribution in [0.1, 0.15) is 26.4 Å². The fraction of sp³-hybridized carbons (Fsp3) is 0.0556. The zero-order chi connectivity index (χ0) is 16.9. The summed E-state index contributed by atoms with van der Waals surface area (Å²) in [5, 5.41) is 12.3. The topological polar surface area (TPSA) is 91.3 Å². The van der Waals surface area contributed by atoms with Crippen LogP contribution in [0.2, 0.25) is 0 Å². The quantitative estimate of drug-likeness (QED) is 0.494. The summed E-state index contributed by atoms with van der Waals surface area (Å²) in [6.07, 6.45) is 0. The molecule has 0 radical (unpaired) electrons. The molecule has 6 nitrogen and oxygen atoms in total. The van der Waals surface area contributed by atoms with Crippen LogP contribution < -0.4 is 10.8 Å². The van der Waals surface area contributed by atoms with E-state index in [0.29, 0.717) is 17.8 Å². The average molecular weight is 358 g/mol. The number of para-hydroxylation sites is 1. The van der Waals surface area contributed by atoms with Crippen molar-refractivity contribution in [1.29, 1.82) is 0 Å². The predicted molar refractivity (Wildman–Crippen MR) is 95.9 cm³/mol. The number of aromatic nitrogens is 1. The van der Waals surface area contributed by atoms with Crippen LogP contribution in [0.3, 0.4) is 0 Å². The molecular formula is C18H16ClN3O3. The van der Waals surface area contributed by atoms with Crippen LogP contribution in [0, 0.1) is 0 Å². The first-order valence-electron chi connectivity index (χ1n) is 7.35. The van der Waals surface area contributed by atoms with Crippen molar-refractivity contribution in [3.63, 3.8) is 0 Å². The number of hydrogen-bond donors (Lipinski definition) is 3. The normalized spacial score (nSPS) is 9.96. The second-order valence-electron chi connectivity index (χ2n) is 5.21. The SMILES string of the molecule is Cl.O=C(NO)c1ccc(CNC(=O)c2ccc3ccccc3n2)cc1. The molecule has 2 aromatic carbocycles. The Morgan fingerprint density at radius 1 is 0.920 bits per heavy atom. The Kier molecular flexibility index (Phi) is 6.05. The Bertz CT molecular complexity index is 897. The molecule has 0 aliphatic heterocycles. The van der Waals surface area contributed by atoms with Crippen LogP contribution in [0.25, 0.3) is 10.9 Å². The van der Waals surface area contributed by atoms with Gasteiger partial charge >= 0.3 is 0 Å². The van der Waals surface area contributed by atoms with Gasteiger partial charge in [0, 0.05) is 17.5 Å². The summed E-state index contributed by atoms with van der Waals surface area (Å²) in [7, 11) is 0. The van der Waals surface area contributed by atoms with Crippen molar-refractivity contribution in [2.24, 2.45) is 0 Å². The van der Waals surface area contributed by atoms with E-state index in [9.17, 15) is 9.59 Å². The van der Waals surface area contributed by atoms with Gasteiger partial charge in [-0.2, -0.15) is 0 Å². The molecule has 3 aromatic rings. The maximum Gasteiger partial charge on any atom is 0.274 e. The minimum atomic E-state index is -0.578. The molecular weight excluding hydrogens is 342 g/mol. The highest BCUT2D eigenvalue weighted by Crippen LogP contribution is 2.12. The van der Waals surface area contributed by atoms with Gasteiger partial charge in [-0.05, 0) is 29.8 Å². The largest absolute Gasteiger partial charge is 0.347 e. The van der Waals surface area contributed by atoms with Gasteiger partial charge in [0.1, 0.15) is 5.69 Å². The monoisotopic (exact) mass is 357 g/mol. The number of pyridine rings is 1. The summed E-state index contributed by atoms with van der Waals surface area (Å²) in [6, 6.07) is 17.7. The number of hydrogen-bond acceptors (Lipinski definition) is 4. The van der Waals surface area contributed by atoms with Crippen molar-refractivity contribution in [1.82, 2.24) is 15.8 Å². The van der Waals surface area contributed by atoms with Gasteiger partial charge in [-0.15, -0.1) is 12.4 Å². The van der Waals surface area contributed by atoms with Gasteiger partial charge in [-0.3, -0.25) is 14.8 Å². The summed E-state index contributed by atoms with van der Waals surface area (Å²) in [5.74, 6) is -0.844. The fourth-order valence-corrected chi connectivity index (χ4v) is 2.30. The molecule has 0 fully saturated rings. The smallest absolute Gasteiger partial charge is 0.274 e. The van der Waals surface area contributed by atoms with E-state index in [-0.39, 0.29) is 18.3 Å². The van der Waals surface area contributed by atoms with Crippen LogP contribution in [0.15, 0.2) is 60.7 Å². The third-order valence-corrected chi connectivity index (χ3v) is 3.60. The molecule has 0 atom stereocenters. The van der Waals surface area contributed by atoms with Crippen molar-refractivity contribution < 1.29 is 14.8 Å². The molecule has 7 heteroatoms. The lowest BCUT2D eigenvalue weighted by Gasteiger charge is -2.06. The Hall–Kier alpha value is -2.96. The molecule has 0 spiro atoms. The first kappa shape index (κ1) is 18.4. The highest BCUT2D eigenvalue weighted by molar-refractivity contribution is 5.95. The van der Waals surface area contributed by atoms with E-state index >= 15 is 0 Å². The zero-order valence-electron chi connectivity index (χ0n) is 13.1. The van der Waals surface area contributed by atoms with E-state index in [4.69, 9.17) is 5.21 Å². The highest BCUT2D eigenvalue weighted by Gasteiger charge is 2.08. The van der Waals surface area contributed by atoms with Crippen molar-refractivity contribution >= 4 is 35.1 Å². The number of nitrogens with one attached hydrogen (secondary N) is 2. The van der Waals surface area contributed by atoms with Crippen molar-refractivity contribution in [2.75, 3.05) is 0 Å². The van der Waals surface area contributed by atoms with E-state index in [0.717, 1.165) is 16.5 Å². The molecule has 3 N–H and O–H groups in total. The average Bonchev–Trinajstić information content (AvgIpc) is 2.65. The third-order valence-electron chi connectivity index (χ3n) is 3.60. The van der Waals surface area contributed by atoms with E-state index < -0.39 is 5.91 Å². The standard InChI is InChI=1S/C18H15N3O3.ClH/c22-17(21-24)14-7-5-12(6-8-14)11-19-18(23)16-10-9-13-3-1-2-4-15(13)20-16;/h1-10,24H,11H2,(H,19,23)(H,21,22);1H. The molecule has 3 rings (SSSR count). The van der Waals surface area contributed by atoms with Crippen molar-refractivity contribution in [2.45, 2.75) is 6.54 Å². The summed E-state index contributed by atoms with van der Waals surface area (Å²) in [5.41, 5.74) is 3.86. The van der Waals surface area contributed by atoms with E-state index in [2.05, 4.69) is 10.3 Å². The summed E-state index contributed by atoms with van der Waals surface area (Å²) in [6.45, 7) is 0.314. The molecule has 128 valence electrons. The first-order valence-corrected chi connectivity index (χ1v) is 7.35. The minimum Gasteiger partial charge on any atom is -0.347 e. The number of carbonyl (C=O) groups is 2. The molecule has 0 unspecified atom stereocenters. The highest BCUT2D eigenvalue weighted by atomic mass is 35.5. The number of rotatable bonds is 4. The fourth-order valence-electron chi connectivity index (χ4n) is 2.30. The lowest BCUT2D eigenvalue weighted by atomic mass is 10.1. The van der Waals surface area contributed by atoms with Crippen molar-refractivity contribution in [3.05, 3.63) is 77.5 Å². The zero-order valence-corrected chi connectivity index (χ0v) is 13.9. The van der Waals surface area contributed by atoms with Gasteiger partial charge in [0.25, 0.3) is 11.8 Å². The van der Waals surface area contributed by atoms with Gasteiger partial charge in [-0.25, -0.2) is 10.5 Å². The number of fused-ring (bicyclic) bond motifs is 1. The Morgan fingerprint density at radius 2 is 1.64 bits per heavy atom. The molecule has 0 aliphatic carbocycles. The maximum absolute atomic E-state index is 12.2. The molecule has 0 aliphatic rings. The van der Waals surface area contributed by atoms with Gasteiger partial charge < -0.3 is 5.32 Å². The number of benzene rings is 2. The lowest BCUT2D eigenvalue weighted by Crippen LogP contribution is -2.24. The maximum atomic E-state index is 12.2. The first-order chi connectivity index (χ1) is 11.7. The molecule has 1 aromatic heterocycles. The molecule has 1 heterocycles. The second-order valence-corrected chi connectivity index (χ2v) is 5.21. The number of amides is 2. The second kappa shape index (κ2) is 8.23. The Labute approximate surface area is 150 Å². The Balaban J connectivity index is 0.00000225. The minimum absolute atomic E-state index is 0. The Morgan fingerprint density at radius 3 is 2.36 bits per heavy atom. The van der Waals surface area contributed by atoms with Gasteiger partial charge in [0.05, 0.1) is 5.52 Å². The number of hydroxylamine groups is 1. The van der Waals surface area contributed by atoms with Gasteiger partial charge in [0.2, 0.25) is 0 Å². The van der Waals surface area contributed by atoms with E-state index in [1.165, 1.54) is 0 Å². The molecule has 2 amide bonds.